The quantitative estimate of drug-likeness (QED) is 0.640. The fraction of sp³-hybridized carbons (Fsp3) is 1.00. The molecule has 1 heterocycles. The van der Waals surface area contributed by atoms with E-state index < -0.39 is 0 Å². The van der Waals surface area contributed by atoms with Crippen molar-refractivity contribution in [3.05, 3.63) is 0 Å². The zero-order valence-electron chi connectivity index (χ0n) is 11.2. The van der Waals surface area contributed by atoms with E-state index in [2.05, 4.69) is 31.1 Å². The van der Waals surface area contributed by atoms with Crippen molar-refractivity contribution in [2.75, 3.05) is 46.4 Å². The number of hydrogen-bond donors (Lipinski definition) is 1. The van der Waals surface area contributed by atoms with Gasteiger partial charge >= 0.3 is 0 Å². The average molecular weight is 228 g/mol. The summed E-state index contributed by atoms with van der Waals surface area (Å²) < 4.78 is 5.60. The van der Waals surface area contributed by atoms with Crippen molar-refractivity contribution < 1.29 is 4.74 Å². The lowest BCUT2D eigenvalue weighted by molar-refractivity contribution is 0.119. The number of rotatable bonds is 8. The first-order valence-corrected chi connectivity index (χ1v) is 6.69. The Morgan fingerprint density at radius 3 is 2.69 bits per heavy atom. The molecule has 1 fully saturated rings. The van der Waals surface area contributed by atoms with Gasteiger partial charge < -0.3 is 15.0 Å². The Morgan fingerprint density at radius 1 is 1.31 bits per heavy atom. The predicted octanol–water partition coefficient (Wildman–Crippen LogP) is 1.73. The topological polar surface area (TPSA) is 24.5 Å². The van der Waals surface area contributed by atoms with Gasteiger partial charge in [-0.15, -0.1) is 0 Å². The van der Waals surface area contributed by atoms with E-state index in [9.17, 15) is 0 Å². The largest absolute Gasteiger partial charge is 0.381 e. The van der Waals surface area contributed by atoms with Crippen molar-refractivity contribution in [2.45, 2.75) is 33.1 Å². The maximum atomic E-state index is 5.60. The van der Waals surface area contributed by atoms with Gasteiger partial charge in [0.2, 0.25) is 0 Å². The van der Waals surface area contributed by atoms with E-state index in [0.717, 1.165) is 32.8 Å². The maximum Gasteiger partial charge on any atom is 0.0547 e. The van der Waals surface area contributed by atoms with Gasteiger partial charge in [0, 0.05) is 25.1 Å². The fourth-order valence-corrected chi connectivity index (χ4v) is 2.53. The van der Waals surface area contributed by atoms with E-state index >= 15 is 0 Å². The molecule has 0 saturated carbocycles. The van der Waals surface area contributed by atoms with Crippen LogP contribution in [0.5, 0.6) is 0 Å². The summed E-state index contributed by atoms with van der Waals surface area (Å²) in [5.74, 6) is 0. The van der Waals surface area contributed by atoms with Crippen molar-refractivity contribution >= 4 is 0 Å². The minimum atomic E-state index is 0.360. The molecule has 3 nitrogen and oxygen atoms in total. The standard InChI is InChI=1S/C13H28N2O/c1-4-7-14-10-13(6-9-16-12-13)11-15(3)8-5-2/h14H,4-12H2,1-3H3. The second kappa shape index (κ2) is 7.25. The minimum absolute atomic E-state index is 0.360. The van der Waals surface area contributed by atoms with Gasteiger partial charge in [0.15, 0.2) is 0 Å². The van der Waals surface area contributed by atoms with Gasteiger partial charge in [0.25, 0.3) is 0 Å². The van der Waals surface area contributed by atoms with Crippen molar-refractivity contribution in [3.8, 4) is 0 Å². The third-order valence-corrected chi connectivity index (χ3v) is 3.32. The fourth-order valence-electron chi connectivity index (χ4n) is 2.53. The molecule has 0 aromatic carbocycles. The molecule has 0 spiro atoms. The van der Waals surface area contributed by atoms with Crippen LogP contribution in [0.1, 0.15) is 33.1 Å². The molecule has 0 aliphatic carbocycles. The zero-order chi connectivity index (χ0) is 11.9. The van der Waals surface area contributed by atoms with Crippen LogP contribution >= 0.6 is 0 Å². The van der Waals surface area contributed by atoms with Crippen LogP contribution in [0.2, 0.25) is 0 Å². The summed E-state index contributed by atoms with van der Waals surface area (Å²) in [6.45, 7) is 10.9. The molecule has 1 rings (SSSR count). The summed E-state index contributed by atoms with van der Waals surface area (Å²) in [6.07, 6.45) is 3.65. The van der Waals surface area contributed by atoms with Gasteiger partial charge in [-0.25, -0.2) is 0 Å². The molecular weight excluding hydrogens is 200 g/mol. The number of ether oxygens (including phenoxy) is 1. The van der Waals surface area contributed by atoms with Crippen molar-refractivity contribution in [1.82, 2.24) is 10.2 Å². The average Bonchev–Trinajstić information content (AvgIpc) is 2.67. The molecule has 3 heteroatoms. The molecule has 0 aromatic heterocycles. The summed E-state index contributed by atoms with van der Waals surface area (Å²) in [6, 6.07) is 0. The molecule has 1 aliphatic rings. The maximum absolute atomic E-state index is 5.60. The Hall–Kier alpha value is -0.120. The Morgan fingerprint density at radius 2 is 2.12 bits per heavy atom. The molecule has 1 aliphatic heterocycles. The van der Waals surface area contributed by atoms with Gasteiger partial charge in [-0.3, -0.25) is 0 Å². The van der Waals surface area contributed by atoms with Crippen LogP contribution in [-0.2, 0) is 4.74 Å². The van der Waals surface area contributed by atoms with E-state index in [1.54, 1.807) is 0 Å². The highest BCUT2D eigenvalue weighted by Crippen LogP contribution is 2.28. The lowest BCUT2D eigenvalue weighted by Gasteiger charge is -2.32. The molecule has 96 valence electrons. The molecule has 1 unspecified atom stereocenters. The van der Waals surface area contributed by atoms with Crippen LogP contribution in [0.4, 0.5) is 0 Å². The predicted molar refractivity (Wildman–Crippen MR) is 68.8 cm³/mol. The molecule has 1 N–H and O–H groups in total. The van der Waals surface area contributed by atoms with E-state index in [1.807, 2.05) is 0 Å². The van der Waals surface area contributed by atoms with Crippen LogP contribution in [0, 0.1) is 5.41 Å². The third kappa shape index (κ3) is 4.40. The molecule has 0 amide bonds. The highest BCUT2D eigenvalue weighted by molar-refractivity contribution is 4.87. The SMILES string of the molecule is CCCNCC1(CN(C)CCC)CCOC1. The Kier molecular flexibility index (Phi) is 6.32. The van der Waals surface area contributed by atoms with E-state index in [-0.39, 0.29) is 0 Å². The van der Waals surface area contributed by atoms with E-state index in [4.69, 9.17) is 4.74 Å². The normalized spacial score (nSPS) is 25.5. The highest BCUT2D eigenvalue weighted by Gasteiger charge is 2.35. The van der Waals surface area contributed by atoms with E-state index in [0.29, 0.717) is 5.41 Å². The van der Waals surface area contributed by atoms with Crippen molar-refractivity contribution in [3.63, 3.8) is 0 Å². The minimum Gasteiger partial charge on any atom is -0.381 e. The summed E-state index contributed by atoms with van der Waals surface area (Å²) in [4.78, 5) is 2.45. The molecule has 0 aromatic rings. The highest BCUT2D eigenvalue weighted by atomic mass is 16.5. The summed E-state index contributed by atoms with van der Waals surface area (Å²) in [5.41, 5.74) is 0.360. The monoisotopic (exact) mass is 228 g/mol. The van der Waals surface area contributed by atoms with Crippen molar-refractivity contribution in [1.29, 1.82) is 0 Å². The Balaban J connectivity index is 2.38. The van der Waals surface area contributed by atoms with Crippen LogP contribution in [0.3, 0.4) is 0 Å². The first-order valence-electron chi connectivity index (χ1n) is 6.69. The smallest absolute Gasteiger partial charge is 0.0547 e. The van der Waals surface area contributed by atoms with Gasteiger partial charge in [-0.05, 0) is 39.4 Å². The van der Waals surface area contributed by atoms with Crippen LogP contribution in [-0.4, -0.2) is 51.3 Å². The Bertz CT molecular complexity index is 179. The molecule has 1 atom stereocenters. The number of nitrogens with one attached hydrogen (secondary N) is 1. The lowest BCUT2D eigenvalue weighted by Crippen LogP contribution is -2.44. The summed E-state index contributed by atoms with van der Waals surface area (Å²) in [5, 5.41) is 3.56. The molecular formula is C13H28N2O. The number of hydrogen-bond acceptors (Lipinski definition) is 3. The molecule has 0 radical (unpaired) electrons. The van der Waals surface area contributed by atoms with Crippen LogP contribution < -0.4 is 5.32 Å². The molecule has 0 bridgehead atoms. The number of nitrogens with zero attached hydrogens (tertiary/aromatic N) is 1. The molecule has 1 saturated heterocycles. The second-order valence-electron chi connectivity index (χ2n) is 5.22. The first-order chi connectivity index (χ1) is 7.72. The van der Waals surface area contributed by atoms with E-state index in [1.165, 1.54) is 25.8 Å². The van der Waals surface area contributed by atoms with Gasteiger partial charge in [-0.2, -0.15) is 0 Å². The Labute approximate surface area is 101 Å². The molecule has 16 heavy (non-hydrogen) atoms. The summed E-state index contributed by atoms with van der Waals surface area (Å²) in [7, 11) is 2.23. The van der Waals surface area contributed by atoms with Gasteiger partial charge in [0.05, 0.1) is 6.61 Å². The van der Waals surface area contributed by atoms with Crippen LogP contribution in [0.15, 0.2) is 0 Å². The third-order valence-electron chi connectivity index (χ3n) is 3.32. The van der Waals surface area contributed by atoms with Gasteiger partial charge in [0.1, 0.15) is 0 Å². The second-order valence-corrected chi connectivity index (χ2v) is 5.22. The zero-order valence-corrected chi connectivity index (χ0v) is 11.2. The first kappa shape index (κ1) is 13.9. The van der Waals surface area contributed by atoms with Crippen LogP contribution in [0.25, 0.3) is 0 Å². The summed E-state index contributed by atoms with van der Waals surface area (Å²) >= 11 is 0. The van der Waals surface area contributed by atoms with Gasteiger partial charge in [-0.1, -0.05) is 13.8 Å². The lowest BCUT2D eigenvalue weighted by atomic mass is 9.86. The van der Waals surface area contributed by atoms with Crippen molar-refractivity contribution in [2.24, 2.45) is 5.41 Å².